The van der Waals surface area contributed by atoms with Gasteiger partial charge in [-0.05, 0) is 26.2 Å². The van der Waals surface area contributed by atoms with Gasteiger partial charge in [0.05, 0.1) is 0 Å². The van der Waals surface area contributed by atoms with Crippen molar-refractivity contribution in [2.45, 2.75) is 39.3 Å². The van der Waals surface area contributed by atoms with Gasteiger partial charge in [-0.15, -0.1) is 24.0 Å². The number of nitrogens with zero attached hydrogens (tertiary/aromatic N) is 2. The fourth-order valence-corrected chi connectivity index (χ4v) is 2.41. The maximum Gasteiger partial charge on any atom is 0.191 e. The Kier molecular flexibility index (Phi) is 10.6. The number of methoxy groups -OCH3 is 1. The van der Waals surface area contributed by atoms with Crippen molar-refractivity contribution < 1.29 is 4.74 Å². The van der Waals surface area contributed by atoms with Crippen LogP contribution in [0.15, 0.2) is 4.99 Å². The molecule has 1 rings (SSSR count). The van der Waals surface area contributed by atoms with E-state index in [0.29, 0.717) is 18.0 Å². The maximum atomic E-state index is 5.04. The number of hydrogen-bond acceptors (Lipinski definition) is 3. The number of likely N-dealkylation sites (tertiary alicyclic amines) is 1. The molecule has 0 amide bonds. The lowest BCUT2D eigenvalue weighted by atomic mass is 10.1. The summed E-state index contributed by atoms with van der Waals surface area (Å²) in [6, 6.07) is 1.10. The van der Waals surface area contributed by atoms with Gasteiger partial charge in [0, 0.05) is 52.5 Å². The van der Waals surface area contributed by atoms with Gasteiger partial charge in [-0.2, -0.15) is 0 Å². The molecule has 1 aliphatic heterocycles. The van der Waals surface area contributed by atoms with Gasteiger partial charge >= 0.3 is 0 Å². The number of ether oxygens (including phenoxy) is 1. The van der Waals surface area contributed by atoms with Crippen molar-refractivity contribution in [2.75, 3.05) is 40.4 Å². The predicted octanol–water partition coefficient (Wildman–Crippen LogP) is 1.53. The highest BCUT2D eigenvalue weighted by Crippen LogP contribution is 2.18. The van der Waals surface area contributed by atoms with Crippen LogP contribution in [-0.4, -0.2) is 63.3 Å². The topological polar surface area (TPSA) is 48.9 Å². The third-order valence-electron chi connectivity index (χ3n) is 3.73. The molecule has 20 heavy (non-hydrogen) atoms. The van der Waals surface area contributed by atoms with Crippen molar-refractivity contribution in [2.24, 2.45) is 10.9 Å². The molecule has 1 saturated heterocycles. The summed E-state index contributed by atoms with van der Waals surface area (Å²) in [6.07, 6.45) is 0.996. The molecule has 2 N–H and O–H groups in total. The molecular weight excluding hydrogens is 367 g/mol. The van der Waals surface area contributed by atoms with Gasteiger partial charge in [-0.1, -0.05) is 6.92 Å². The fourth-order valence-electron chi connectivity index (χ4n) is 2.41. The van der Waals surface area contributed by atoms with Gasteiger partial charge in [0.25, 0.3) is 0 Å². The molecule has 1 aliphatic rings. The quantitative estimate of drug-likeness (QED) is 0.309. The fraction of sp³-hybridized carbons (Fsp3) is 0.929. The predicted molar refractivity (Wildman–Crippen MR) is 96.1 cm³/mol. The van der Waals surface area contributed by atoms with E-state index in [1.165, 1.54) is 0 Å². The van der Waals surface area contributed by atoms with E-state index in [4.69, 9.17) is 4.74 Å². The first-order chi connectivity index (χ1) is 9.08. The van der Waals surface area contributed by atoms with Crippen molar-refractivity contribution in [3.8, 4) is 0 Å². The number of rotatable bonds is 6. The Balaban J connectivity index is 0.00000361. The molecule has 6 heteroatoms. The van der Waals surface area contributed by atoms with Crippen molar-refractivity contribution in [1.29, 1.82) is 0 Å². The van der Waals surface area contributed by atoms with Crippen LogP contribution >= 0.6 is 24.0 Å². The van der Waals surface area contributed by atoms with E-state index >= 15 is 0 Å². The van der Waals surface area contributed by atoms with Crippen LogP contribution in [-0.2, 0) is 4.74 Å². The van der Waals surface area contributed by atoms with Crippen LogP contribution in [0.4, 0.5) is 0 Å². The van der Waals surface area contributed by atoms with Crippen molar-refractivity contribution in [3.05, 3.63) is 0 Å². The molecule has 0 aromatic heterocycles. The van der Waals surface area contributed by atoms with Crippen LogP contribution in [0.1, 0.15) is 27.2 Å². The van der Waals surface area contributed by atoms with Crippen LogP contribution in [0.5, 0.6) is 0 Å². The highest BCUT2D eigenvalue weighted by atomic mass is 127. The lowest BCUT2D eigenvalue weighted by Gasteiger charge is -2.21. The largest absolute Gasteiger partial charge is 0.385 e. The minimum absolute atomic E-state index is 0. The lowest BCUT2D eigenvalue weighted by Crippen LogP contribution is -2.47. The second kappa shape index (κ2) is 10.6. The second-order valence-electron chi connectivity index (χ2n) is 5.62. The first kappa shape index (κ1) is 19.9. The molecule has 1 fully saturated rings. The molecule has 0 spiro atoms. The number of hydrogen-bond donors (Lipinski definition) is 2. The third kappa shape index (κ3) is 6.58. The van der Waals surface area contributed by atoms with E-state index in [-0.39, 0.29) is 24.0 Å². The molecule has 0 aromatic rings. The molecule has 1 heterocycles. The lowest BCUT2D eigenvalue weighted by molar-refractivity contribution is 0.195. The average molecular weight is 398 g/mol. The van der Waals surface area contributed by atoms with Gasteiger partial charge in [0.2, 0.25) is 0 Å². The minimum atomic E-state index is 0. The molecule has 5 nitrogen and oxygen atoms in total. The van der Waals surface area contributed by atoms with Crippen molar-refractivity contribution >= 4 is 29.9 Å². The SMILES string of the molecule is CN=C(NCCCOC)NC1CN(C(C)C)CC1C.I. The highest BCUT2D eigenvalue weighted by molar-refractivity contribution is 14.0. The van der Waals surface area contributed by atoms with Gasteiger partial charge in [0.1, 0.15) is 0 Å². The molecule has 0 bridgehead atoms. The Morgan fingerprint density at radius 3 is 2.60 bits per heavy atom. The summed E-state index contributed by atoms with van der Waals surface area (Å²) in [5, 5.41) is 6.87. The van der Waals surface area contributed by atoms with Crippen LogP contribution in [0, 0.1) is 5.92 Å². The van der Waals surface area contributed by atoms with Crippen LogP contribution in [0.2, 0.25) is 0 Å². The van der Waals surface area contributed by atoms with E-state index in [1.807, 2.05) is 7.05 Å². The summed E-state index contributed by atoms with van der Waals surface area (Å²) < 4.78 is 5.04. The maximum absolute atomic E-state index is 5.04. The minimum Gasteiger partial charge on any atom is -0.385 e. The van der Waals surface area contributed by atoms with E-state index in [2.05, 4.69) is 41.3 Å². The molecule has 0 aromatic carbocycles. The van der Waals surface area contributed by atoms with E-state index in [9.17, 15) is 0 Å². The Morgan fingerprint density at radius 1 is 1.40 bits per heavy atom. The highest BCUT2D eigenvalue weighted by Gasteiger charge is 2.31. The summed E-state index contributed by atoms with van der Waals surface area (Å²) in [5.74, 6) is 1.55. The Morgan fingerprint density at radius 2 is 2.10 bits per heavy atom. The number of aliphatic imine (C=N–C) groups is 1. The summed E-state index contributed by atoms with van der Waals surface area (Å²) >= 11 is 0. The van der Waals surface area contributed by atoms with Crippen molar-refractivity contribution in [3.63, 3.8) is 0 Å². The zero-order valence-corrected chi connectivity index (χ0v) is 15.8. The van der Waals surface area contributed by atoms with Crippen LogP contribution in [0.3, 0.4) is 0 Å². The summed E-state index contributed by atoms with van der Waals surface area (Å²) in [4.78, 5) is 6.80. The van der Waals surface area contributed by atoms with Crippen LogP contribution in [0.25, 0.3) is 0 Å². The Labute approximate surface area is 140 Å². The zero-order chi connectivity index (χ0) is 14.3. The van der Waals surface area contributed by atoms with E-state index in [1.54, 1.807) is 7.11 Å². The zero-order valence-electron chi connectivity index (χ0n) is 13.5. The monoisotopic (exact) mass is 398 g/mol. The molecule has 2 atom stereocenters. The first-order valence-electron chi connectivity index (χ1n) is 7.28. The van der Waals surface area contributed by atoms with Gasteiger partial charge < -0.3 is 15.4 Å². The molecular formula is C14H31IN4O. The normalized spacial score (nSPS) is 23.8. The van der Waals surface area contributed by atoms with Gasteiger partial charge in [0.15, 0.2) is 5.96 Å². The smallest absolute Gasteiger partial charge is 0.191 e. The standard InChI is InChI=1S/C14H30N4O.HI/c1-11(2)18-9-12(3)13(10-18)17-14(15-4)16-7-6-8-19-5;/h11-13H,6-10H2,1-5H3,(H2,15,16,17);1H. The van der Waals surface area contributed by atoms with E-state index < -0.39 is 0 Å². The van der Waals surface area contributed by atoms with Gasteiger partial charge in [-0.3, -0.25) is 9.89 Å². The van der Waals surface area contributed by atoms with Gasteiger partial charge in [-0.25, -0.2) is 0 Å². The first-order valence-corrected chi connectivity index (χ1v) is 7.28. The van der Waals surface area contributed by atoms with Crippen LogP contribution < -0.4 is 10.6 Å². The summed E-state index contributed by atoms with van der Waals surface area (Å²) in [6.45, 7) is 10.7. The van der Waals surface area contributed by atoms with Crippen molar-refractivity contribution in [1.82, 2.24) is 15.5 Å². The molecule has 0 saturated carbocycles. The number of guanidine groups is 1. The van der Waals surface area contributed by atoms with E-state index in [0.717, 1.165) is 38.6 Å². The molecule has 2 unspecified atom stereocenters. The molecule has 0 radical (unpaired) electrons. The molecule has 0 aliphatic carbocycles. The Bertz CT molecular complexity index is 286. The average Bonchev–Trinajstić information content (AvgIpc) is 2.75. The second-order valence-corrected chi connectivity index (χ2v) is 5.62. The number of nitrogens with one attached hydrogen (secondary N) is 2. The Hall–Kier alpha value is -0.0800. The summed E-state index contributed by atoms with van der Waals surface area (Å²) in [5.41, 5.74) is 0. The molecule has 120 valence electrons. The third-order valence-corrected chi connectivity index (χ3v) is 3.73. The number of halogens is 1. The summed E-state index contributed by atoms with van der Waals surface area (Å²) in [7, 11) is 3.55.